The number of nitrogen functional groups attached to an aromatic ring is 1. The van der Waals surface area contributed by atoms with Crippen molar-refractivity contribution in [3.63, 3.8) is 0 Å². The van der Waals surface area contributed by atoms with E-state index in [1.165, 1.54) is 44.5 Å². The van der Waals surface area contributed by atoms with Crippen molar-refractivity contribution in [2.45, 2.75) is 46.0 Å². The Hall–Kier alpha value is -8.12. The number of benzene rings is 10. The Morgan fingerprint density at radius 3 is 1.39 bits per heavy atom. The lowest BCUT2D eigenvalue weighted by molar-refractivity contribution is 0.660. The van der Waals surface area contributed by atoms with Gasteiger partial charge in [-0.25, -0.2) is 0 Å². The summed E-state index contributed by atoms with van der Waals surface area (Å²) in [5.41, 5.74) is 28.2. The molecule has 0 atom stereocenters. The van der Waals surface area contributed by atoms with Gasteiger partial charge in [-0.15, -0.1) is 0 Å². The molecule has 0 saturated carbocycles. The van der Waals surface area contributed by atoms with Crippen molar-refractivity contribution in [2.24, 2.45) is 0 Å². The van der Waals surface area contributed by atoms with Crippen LogP contribution in [0.5, 0.6) is 0 Å². The Balaban J connectivity index is 0.000000128. The van der Waals surface area contributed by atoms with Crippen LogP contribution in [0.3, 0.4) is 0 Å². The summed E-state index contributed by atoms with van der Waals surface area (Å²) in [6.07, 6.45) is 0. The van der Waals surface area contributed by atoms with Crippen molar-refractivity contribution in [1.29, 1.82) is 0 Å². The maximum atomic E-state index is 6.16. The van der Waals surface area contributed by atoms with Crippen LogP contribution in [0.25, 0.3) is 88.4 Å². The highest BCUT2D eigenvalue weighted by atomic mass is 79.9. The Morgan fingerprint density at radius 2 is 0.806 bits per heavy atom. The average Bonchev–Trinajstić information content (AvgIpc) is 4.09. The van der Waals surface area contributed by atoms with Gasteiger partial charge in [-0.05, 0) is 128 Å². The molecule has 0 fully saturated rings. The highest BCUT2D eigenvalue weighted by Gasteiger charge is 2.36. The zero-order chi connectivity index (χ0) is 48.4. The van der Waals surface area contributed by atoms with E-state index in [0.29, 0.717) is 0 Å². The molecule has 0 amide bonds. The summed E-state index contributed by atoms with van der Waals surface area (Å²) in [6, 6.07) is 76.2. The number of nitrogens with one attached hydrogen (secondary N) is 1. The van der Waals surface area contributed by atoms with Gasteiger partial charge in [0.2, 0.25) is 0 Å². The predicted molar refractivity (Wildman–Crippen MR) is 308 cm³/mol. The molecule has 14 rings (SSSR count). The van der Waals surface area contributed by atoms with Crippen LogP contribution in [0.1, 0.15) is 57.4 Å². The standard InChI is InChI=1S/C33H25NO.C18H13NO.C15H13Br.CH4/c1-33(2)28-12-6-3-10-24(28)27-20-22(16-18-29(27)33)34-30-13-7-4-9-23(30)21-15-17-26-25-11-5-8-14-31(25)35-32(26)19-21;19-16-7-3-1-5-13(16)12-9-10-15-14-6-2-4-8-17(14)20-18(15)11-12;1-15(2)13-6-4-3-5-11(13)12-9-10(16)7-8-14(12)15;/h3-20,34H,1-2H3;1-11H,19H2;3-9H,1-2H3;1H4. The number of furan rings is 2. The molecule has 5 heteroatoms. The van der Waals surface area contributed by atoms with E-state index in [0.717, 1.165) is 87.7 Å². The van der Waals surface area contributed by atoms with E-state index >= 15 is 0 Å². The quantitative estimate of drug-likeness (QED) is 0.172. The average molecular weight is 1000 g/mol. The van der Waals surface area contributed by atoms with E-state index in [1.807, 2.05) is 54.6 Å². The molecule has 0 spiro atoms. The van der Waals surface area contributed by atoms with Gasteiger partial charge in [0, 0.05) is 65.0 Å². The molecule has 0 unspecified atom stereocenters. The minimum absolute atomic E-state index is 0. The Morgan fingerprint density at radius 1 is 0.375 bits per heavy atom. The fourth-order valence-electron chi connectivity index (χ4n) is 11.0. The summed E-state index contributed by atoms with van der Waals surface area (Å²) in [5, 5.41) is 8.29. The van der Waals surface area contributed by atoms with Gasteiger partial charge in [-0.2, -0.15) is 0 Å². The molecule has 2 aromatic heterocycles. The van der Waals surface area contributed by atoms with Crippen LogP contribution < -0.4 is 11.1 Å². The number of para-hydroxylation sites is 4. The first kappa shape index (κ1) is 46.3. The van der Waals surface area contributed by atoms with E-state index in [2.05, 4.69) is 213 Å². The summed E-state index contributed by atoms with van der Waals surface area (Å²) >= 11 is 3.55. The third kappa shape index (κ3) is 7.95. The second kappa shape index (κ2) is 18.2. The fourth-order valence-corrected chi connectivity index (χ4v) is 11.4. The van der Waals surface area contributed by atoms with Gasteiger partial charge in [-0.3, -0.25) is 0 Å². The lowest BCUT2D eigenvalue weighted by Crippen LogP contribution is -2.14. The van der Waals surface area contributed by atoms with Gasteiger partial charge in [0.15, 0.2) is 0 Å². The summed E-state index contributed by atoms with van der Waals surface area (Å²) in [7, 11) is 0. The molecule has 10 aromatic carbocycles. The second-order valence-electron chi connectivity index (χ2n) is 19.7. The summed E-state index contributed by atoms with van der Waals surface area (Å²) in [4.78, 5) is 0. The van der Waals surface area contributed by atoms with Crippen LogP contribution in [-0.4, -0.2) is 0 Å². The molecular formula is C67H55BrN2O2. The molecule has 3 N–H and O–H groups in total. The summed E-state index contributed by atoms with van der Waals surface area (Å²) in [6.45, 7) is 9.22. The Bertz CT molecular complexity index is 4020. The number of hydrogen-bond acceptors (Lipinski definition) is 4. The molecule has 352 valence electrons. The van der Waals surface area contributed by atoms with E-state index in [9.17, 15) is 0 Å². The van der Waals surface area contributed by atoms with Crippen molar-refractivity contribution < 1.29 is 8.83 Å². The van der Waals surface area contributed by atoms with Crippen molar-refractivity contribution in [1.82, 2.24) is 0 Å². The predicted octanol–water partition coefficient (Wildman–Crippen LogP) is 19.5. The third-order valence-corrected chi connectivity index (χ3v) is 15.2. The van der Waals surface area contributed by atoms with Crippen molar-refractivity contribution in [2.75, 3.05) is 11.1 Å². The maximum Gasteiger partial charge on any atom is 0.136 e. The molecule has 72 heavy (non-hydrogen) atoms. The molecule has 0 saturated heterocycles. The van der Waals surface area contributed by atoms with Crippen molar-refractivity contribution >= 4 is 76.9 Å². The van der Waals surface area contributed by atoms with E-state index in [1.54, 1.807) is 0 Å². The first-order chi connectivity index (χ1) is 34.5. The first-order valence-corrected chi connectivity index (χ1v) is 25.0. The largest absolute Gasteiger partial charge is 0.456 e. The molecule has 2 aliphatic rings. The molecule has 12 aromatic rings. The van der Waals surface area contributed by atoms with Gasteiger partial charge in [0.1, 0.15) is 22.3 Å². The number of rotatable bonds is 4. The summed E-state index contributed by atoms with van der Waals surface area (Å²) < 4.78 is 13.2. The van der Waals surface area contributed by atoms with E-state index < -0.39 is 0 Å². The minimum atomic E-state index is 0. The van der Waals surface area contributed by atoms with Crippen molar-refractivity contribution in [3.05, 3.63) is 245 Å². The number of anilines is 3. The van der Waals surface area contributed by atoms with Crippen LogP contribution in [0.15, 0.2) is 232 Å². The van der Waals surface area contributed by atoms with Gasteiger partial charge < -0.3 is 19.9 Å². The third-order valence-electron chi connectivity index (χ3n) is 14.7. The Kier molecular flexibility index (Phi) is 11.7. The van der Waals surface area contributed by atoms with Crippen LogP contribution in [0, 0.1) is 0 Å². The first-order valence-electron chi connectivity index (χ1n) is 24.2. The highest BCUT2D eigenvalue weighted by Crippen LogP contribution is 2.51. The van der Waals surface area contributed by atoms with Gasteiger partial charge in [0.05, 0.1) is 0 Å². The maximum absolute atomic E-state index is 6.16. The second-order valence-corrected chi connectivity index (χ2v) is 20.6. The molecule has 2 heterocycles. The number of nitrogens with two attached hydrogens (primary N) is 1. The van der Waals surface area contributed by atoms with Crippen LogP contribution in [0.2, 0.25) is 0 Å². The summed E-state index contributed by atoms with van der Waals surface area (Å²) in [5.74, 6) is 0. The number of hydrogen-bond donors (Lipinski definition) is 2. The van der Waals surface area contributed by atoms with Gasteiger partial charge in [-0.1, -0.05) is 197 Å². The molecule has 2 aliphatic carbocycles. The normalized spacial score (nSPS) is 13.2. The fraction of sp³-hybridized carbons (Fsp3) is 0.104. The van der Waals surface area contributed by atoms with E-state index in [4.69, 9.17) is 14.6 Å². The number of halogens is 1. The van der Waals surface area contributed by atoms with Crippen LogP contribution in [-0.2, 0) is 10.8 Å². The molecule has 0 aliphatic heterocycles. The molecule has 4 nitrogen and oxygen atoms in total. The number of fused-ring (bicyclic) bond motifs is 12. The zero-order valence-electron chi connectivity index (χ0n) is 40.1. The highest BCUT2D eigenvalue weighted by molar-refractivity contribution is 9.10. The van der Waals surface area contributed by atoms with Crippen LogP contribution >= 0.6 is 15.9 Å². The zero-order valence-corrected chi connectivity index (χ0v) is 41.6. The van der Waals surface area contributed by atoms with Crippen LogP contribution in [0.4, 0.5) is 17.1 Å². The smallest absolute Gasteiger partial charge is 0.136 e. The van der Waals surface area contributed by atoms with Crippen molar-refractivity contribution in [3.8, 4) is 44.5 Å². The monoisotopic (exact) mass is 998 g/mol. The SMILES string of the molecule is C.CC1(C)c2ccccc2-c2cc(Br)ccc21.CC1(C)c2ccccc2-c2cc(Nc3ccccc3-c3ccc4c(c3)oc3ccccc34)ccc21.Nc1ccccc1-c1ccc2c(c1)oc1ccccc12. The lowest BCUT2D eigenvalue weighted by atomic mass is 9.82. The molecule has 0 bridgehead atoms. The van der Waals surface area contributed by atoms with Gasteiger partial charge in [0.25, 0.3) is 0 Å². The molecule has 0 radical (unpaired) electrons. The minimum Gasteiger partial charge on any atom is -0.456 e. The van der Waals surface area contributed by atoms with E-state index in [-0.39, 0.29) is 18.3 Å². The lowest BCUT2D eigenvalue weighted by Gasteiger charge is -2.21. The van der Waals surface area contributed by atoms with Gasteiger partial charge >= 0.3 is 0 Å². The topological polar surface area (TPSA) is 64.3 Å². The Labute approximate surface area is 429 Å². The molecular weight excluding hydrogens is 945 g/mol.